The molecule has 0 aromatic heterocycles. The van der Waals surface area contributed by atoms with Crippen molar-refractivity contribution in [2.45, 2.75) is 32.7 Å². The molecule has 7 heteroatoms. The minimum Gasteiger partial charge on any atom is -0.466 e. The lowest BCUT2D eigenvalue weighted by atomic mass is 10.2. The van der Waals surface area contributed by atoms with E-state index in [4.69, 9.17) is 4.74 Å². The molecule has 0 saturated carbocycles. The molecule has 0 bridgehead atoms. The van der Waals surface area contributed by atoms with Gasteiger partial charge in [0.05, 0.1) is 12.6 Å². The van der Waals surface area contributed by atoms with Gasteiger partial charge in [-0.2, -0.15) is 0 Å². The van der Waals surface area contributed by atoms with Crippen molar-refractivity contribution < 1.29 is 19.1 Å². The standard InChI is InChI=1S/C11H21N3O4/c1-4-18-9(15)6-5-7-13-8(2)10(16)14-11(17)12-3/h8,13H,4-7H2,1-3H3,(H2,12,14,16,17). The first-order chi connectivity index (χ1) is 8.51. The number of carbonyl (C=O) groups excluding carboxylic acids is 3. The highest BCUT2D eigenvalue weighted by molar-refractivity contribution is 5.96. The highest BCUT2D eigenvalue weighted by Gasteiger charge is 2.14. The molecular formula is C11H21N3O4. The first-order valence-electron chi connectivity index (χ1n) is 5.92. The lowest BCUT2D eigenvalue weighted by Crippen LogP contribution is -2.47. The van der Waals surface area contributed by atoms with Crippen LogP contribution in [-0.2, 0) is 14.3 Å². The van der Waals surface area contributed by atoms with Crippen molar-refractivity contribution in [3.63, 3.8) is 0 Å². The van der Waals surface area contributed by atoms with Crippen LogP contribution in [0.15, 0.2) is 0 Å². The summed E-state index contributed by atoms with van der Waals surface area (Å²) in [5, 5.41) is 7.35. The average Bonchev–Trinajstić information content (AvgIpc) is 2.34. The highest BCUT2D eigenvalue weighted by Crippen LogP contribution is 1.92. The topological polar surface area (TPSA) is 96.5 Å². The van der Waals surface area contributed by atoms with E-state index in [-0.39, 0.29) is 5.97 Å². The molecule has 7 nitrogen and oxygen atoms in total. The molecule has 0 aliphatic carbocycles. The Bertz CT molecular complexity index is 294. The van der Waals surface area contributed by atoms with Crippen LogP contribution in [0.3, 0.4) is 0 Å². The molecule has 0 saturated heterocycles. The first-order valence-corrected chi connectivity index (χ1v) is 5.92. The largest absolute Gasteiger partial charge is 0.466 e. The van der Waals surface area contributed by atoms with Crippen LogP contribution in [0, 0.1) is 0 Å². The second kappa shape index (κ2) is 9.41. The third kappa shape index (κ3) is 7.61. The van der Waals surface area contributed by atoms with Crippen LogP contribution in [0.5, 0.6) is 0 Å². The van der Waals surface area contributed by atoms with Crippen molar-refractivity contribution in [3.05, 3.63) is 0 Å². The fraction of sp³-hybridized carbons (Fsp3) is 0.727. The molecule has 18 heavy (non-hydrogen) atoms. The molecule has 1 atom stereocenters. The van der Waals surface area contributed by atoms with Gasteiger partial charge in [-0.1, -0.05) is 0 Å². The molecule has 104 valence electrons. The predicted molar refractivity (Wildman–Crippen MR) is 65.9 cm³/mol. The SMILES string of the molecule is CCOC(=O)CCCNC(C)C(=O)NC(=O)NC. The van der Waals surface area contributed by atoms with Gasteiger partial charge >= 0.3 is 12.0 Å². The lowest BCUT2D eigenvalue weighted by Gasteiger charge is -2.12. The summed E-state index contributed by atoms with van der Waals surface area (Å²) < 4.78 is 4.76. The number of urea groups is 1. The minimum absolute atomic E-state index is 0.248. The molecule has 1 unspecified atom stereocenters. The van der Waals surface area contributed by atoms with Gasteiger partial charge in [-0.15, -0.1) is 0 Å². The zero-order chi connectivity index (χ0) is 14.0. The van der Waals surface area contributed by atoms with E-state index in [1.54, 1.807) is 13.8 Å². The number of nitrogens with one attached hydrogen (secondary N) is 3. The molecule has 3 amide bonds. The second-order valence-electron chi connectivity index (χ2n) is 3.65. The van der Waals surface area contributed by atoms with Crippen molar-refractivity contribution in [3.8, 4) is 0 Å². The van der Waals surface area contributed by atoms with E-state index in [1.807, 2.05) is 0 Å². The number of ether oxygens (including phenoxy) is 1. The van der Waals surface area contributed by atoms with Crippen molar-refractivity contribution in [1.29, 1.82) is 0 Å². The Labute approximate surface area is 107 Å². The summed E-state index contributed by atoms with van der Waals surface area (Å²) >= 11 is 0. The van der Waals surface area contributed by atoms with Crippen LogP contribution >= 0.6 is 0 Å². The van der Waals surface area contributed by atoms with E-state index in [0.717, 1.165) is 0 Å². The number of esters is 1. The summed E-state index contributed by atoms with van der Waals surface area (Å²) in [5.74, 6) is -0.660. The maximum Gasteiger partial charge on any atom is 0.321 e. The average molecular weight is 259 g/mol. The van der Waals surface area contributed by atoms with E-state index in [0.29, 0.717) is 26.0 Å². The number of hydrogen-bond acceptors (Lipinski definition) is 5. The van der Waals surface area contributed by atoms with Crippen LogP contribution in [0.2, 0.25) is 0 Å². The normalized spacial score (nSPS) is 11.5. The quantitative estimate of drug-likeness (QED) is 0.433. The van der Waals surface area contributed by atoms with Crippen LogP contribution in [-0.4, -0.2) is 44.1 Å². The van der Waals surface area contributed by atoms with Gasteiger partial charge in [0, 0.05) is 13.5 Å². The third-order valence-corrected chi connectivity index (χ3v) is 2.17. The summed E-state index contributed by atoms with van der Waals surface area (Å²) in [6.45, 7) is 4.27. The van der Waals surface area contributed by atoms with E-state index >= 15 is 0 Å². The zero-order valence-electron chi connectivity index (χ0n) is 11.0. The fourth-order valence-corrected chi connectivity index (χ4v) is 1.16. The fourth-order valence-electron chi connectivity index (χ4n) is 1.16. The van der Waals surface area contributed by atoms with Crippen LogP contribution in [0.1, 0.15) is 26.7 Å². The maximum absolute atomic E-state index is 11.4. The Morgan fingerprint density at radius 1 is 1.28 bits per heavy atom. The molecule has 3 N–H and O–H groups in total. The van der Waals surface area contributed by atoms with Crippen LogP contribution < -0.4 is 16.0 Å². The Hall–Kier alpha value is -1.63. The van der Waals surface area contributed by atoms with Gasteiger partial charge < -0.3 is 15.4 Å². The molecule has 0 aliphatic heterocycles. The number of rotatable bonds is 7. The van der Waals surface area contributed by atoms with Crippen molar-refractivity contribution in [2.75, 3.05) is 20.2 Å². The van der Waals surface area contributed by atoms with Gasteiger partial charge in [-0.3, -0.25) is 14.9 Å². The molecule has 0 aromatic carbocycles. The maximum atomic E-state index is 11.4. The Morgan fingerprint density at radius 2 is 1.94 bits per heavy atom. The Kier molecular flexibility index (Phi) is 8.55. The van der Waals surface area contributed by atoms with E-state index in [2.05, 4.69) is 16.0 Å². The van der Waals surface area contributed by atoms with Crippen LogP contribution in [0.25, 0.3) is 0 Å². The van der Waals surface area contributed by atoms with Crippen molar-refractivity contribution in [1.82, 2.24) is 16.0 Å². The zero-order valence-corrected chi connectivity index (χ0v) is 11.0. The highest BCUT2D eigenvalue weighted by atomic mass is 16.5. The number of amides is 3. The molecule has 0 radical (unpaired) electrons. The molecule has 0 aromatic rings. The van der Waals surface area contributed by atoms with Crippen molar-refractivity contribution >= 4 is 17.9 Å². The summed E-state index contributed by atoms with van der Waals surface area (Å²) in [7, 11) is 1.43. The predicted octanol–water partition coefficient (Wildman–Crippen LogP) is -0.237. The number of carbonyl (C=O) groups is 3. The number of hydrogen-bond donors (Lipinski definition) is 3. The summed E-state index contributed by atoms with van der Waals surface area (Å²) in [6.07, 6.45) is 0.890. The van der Waals surface area contributed by atoms with Crippen LogP contribution in [0.4, 0.5) is 4.79 Å². The van der Waals surface area contributed by atoms with Gasteiger partial charge in [0.15, 0.2) is 0 Å². The Balaban J connectivity index is 3.70. The van der Waals surface area contributed by atoms with E-state index in [1.165, 1.54) is 7.05 Å². The molecule has 0 aliphatic rings. The second-order valence-corrected chi connectivity index (χ2v) is 3.65. The third-order valence-electron chi connectivity index (χ3n) is 2.17. The van der Waals surface area contributed by atoms with Gasteiger partial charge in [0.25, 0.3) is 0 Å². The Morgan fingerprint density at radius 3 is 2.50 bits per heavy atom. The monoisotopic (exact) mass is 259 g/mol. The van der Waals surface area contributed by atoms with Gasteiger partial charge in [-0.05, 0) is 26.8 Å². The number of imide groups is 1. The van der Waals surface area contributed by atoms with E-state index in [9.17, 15) is 14.4 Å². The molecule has 0 rings (SSSR count). The van der Waals surface area contributed by atoms with Gasteiger partial charge in [0.2, 0.25) is 5.91 Å². The molecule has 0 fully saturated rings. The molecule has 0 heterocycles. The van der Waals surface area contributed by atoms with E-state index < -0.39 is 18.0 Å². The van der Waals surface area contributed by atoms with Gasteiger partial charge in [-0.25, -0.2) is 4.79 Å². The van der Waals surface area contributed by atoms with Gasteiger partial charge in [0.1, 0.15) is 0 Å². The summed E-state index contributed by atoms with van der Waals surface area (Å²) in [5.41, 5.74) is 0. The smallest absolute Gasteiger partial charge is 0.321 e. The lowest BCUT2D eigenvalue weighted by molar-refractivity contribution is -0.143. The molecular weight excluding hydrogens is 238 g/mol. The summed E-state index contributed by atoms with van der Waals surface area (Å²) in [6, 6.07) is -1.04. The molecule has 0 spiro atoms. The van der Waals surface area contributed by atoms with Crippen molar-refractivity contribution in [2.24, 2.45) is 0 Å². The summed E-state index contributed by atoms with van der Waals surface area (Å²) in [4.78, 5) is 33.3. The first kappa shape index (κ1) is 16.4. The minimum atomic E-state index is -0.542.